The van der Waals surface area contributed by atoms with E-state index in [1.807, 2.05) is 41.1 Å². The quantitative estimate of drug-likeness (QED) is 0.563. The minimum Gasteiger partial charge on any atom is -0.459 e. The number of rotatable bonds is 4. The number of hydrogen-bond acceptors (Lipinski definition) is 6. The van der Waals surface area contributed by atoms with Gasteiger partial charge in [-0.05, 0) is 23.8 Å². The Balaban J connectivity index is 1.39. The number of aliphatic hydroxyl groups is 1. The maximum absolute atomic E-state index is 12.5. The fourth-order valence-corrected chi connectivity index (χ4v) is 3.85. The highest BCUT2D eigenvalue weighted by atomic mass is 16.3. The van der Waals surface area contributed by atoms with E-state index in [-0.39, 0.29) is 12.5 Å². The number of aromatic nitrogens is 3. The lowest BCUT2D eigenvalue weighted by molar-refractivity contribution is 0.0714. The minimum absolute atomic E-state index is 0.00160. The van der Waals surface area contributed by atoms with Crippen LogP contribution in [0.15, 0.2) is 65.7 Å². The number of carbonyl (C=O) groups excluding carboxylic acids is 1. The van der Waals surface area contributed by atoms with Crippen LogP contribution in [0.5, 0.6) is 0 Å². The van der Waals surface area contributed by atoms with E-state index in [2.05, 4.69) is 14.9 Å². The molecule has 0 spiro atoms. The third-order valence-electron chi connectivity index (χ3n) is 5.41. The zero-order valence-electron chi connectivity index (χ0n) is 16.3. The summed E-state index contributed by atoms with van der Waals surface area (Å²) < 4.78 is 7.25. The second kappa shape index (κ2) is 7.64. The number of imidazole rings is 1. The highest BCUT2D eigenvalue weighted by Gasteiger charge is 2.26. The summed E-state index contributed by atoms with van der Waals surface area (Å²) in [6.45, 7) is 2.52. The molecule has 1 fully saturated rings. The summed E-state index contributed by atoms with van der Waals surface area (Å²) in [5, 5.41) is 9.44. The molecule has 152 valence electrons. The third kappa shape index (κ3) is 3.21. The van der Waals surface area contributed by atoms with E-state index in [1.54, 1.807) is 23.2 Å². The highest BCUT2D eigenvalue weighted by molar-refractivity contribution is 5.91. The molecule has 1 aliphatic heterocycles. The number of anilines is 1. The molecule has 0 radical (unpaired) electrons. The lowest BCUT2D eigenvalue weighted by Crippen LogP contribution is -2.49. The fraction of sp³-hybridized carbons (Fsp3) is 0.227. The molecule has 8 heteroatoms. The number of benzene rings is 1. The first-order chi connectivity index (χ1) is 14.7. The van der Waals surface area contributed by atoms with Crippen molar-refractivity contribution in [2.45, 2.75) is 6.61 Å². The first-order valence-electron chi connectivity index (χ1n) is 9.84. The number of aliphatic hydroxyl groups excluding tert-OH is 1. The Bertz CT molecular complexity index is 1180. The van der Waals surface area contributed by atoms with Crippen molar-refractivity contribution in [2.75, 3.05) is 31.1 Å². The van der Waals surface area contributed by atoms with Crippen LogP contribution < -0.4 is 4.90 Å². The zero-order chi connectivity index (χ0) is 20.5. The van der Waals surface area contributed by atoms with Crippen molar-refractivity contribution >= 4 is 17.4 Å². The largest absolute Gasteiger partial charge is 0.459 e. The molecule has 1 amide bonds. The number of carbonyl (C=O) groups is 1. The lowest BCUT2D eigenvalue weighted by atomic mass is 10.1. The zero-order valence-corrected chi connectivity index (χ0v) is 16.3. The van der Waals surface area contributed by atoms with Gasteiger partial charge >= 0.3 is 0 Å². The van der Waals surface area contributed by atoms with Gasteiger partial charge in [-0.15, -0.1) is 0 Å². The van der Waals surface area contributed by atoms with E-state index >= 15 is 0 Å². The van der Waals surface area contributed by atoms with Crippen LogP contribution in [-0.2, 0) is 6.61 Å². The summed E-state index contributed by atoms with van der Waals surface area (Å²) in [7, 11) is 0. The van der Waals surface area contributed by atoms with Crippen LogP contribution in [0.4, 0.5) is 5.82 Å². The summed E-state index contributed by atoms with van der Waals surface area (Å²) in [6.07, 6.45) is 7.00. The Kier molecular flexibility index (Phi) is 4.68. The molecule has 30 heavy (non-hydrogen) atoms. The molecule has 1 saturated heterocycles. The third-order valence-corrected chi connectivity index (χ3v) is 5.41. The Morgan fingerprint density at radius 1 is 1.10 bits per heavy atom. The molecule has 3 aromatic heterocycles. The topological polar surface area (TPSA) is 87.1 Å². The van der Waals surface area contributed by atoms with Gasteiger partial charge in [-0.3, -0.25) is 9.20 Å². The van der Waals surface area contributed by atoms with Crippen LogP contribution in [-0.4, -0.2) is 56.5 Å². The van der Waals surface area contributed by atoms with Crippen LogP contribution in [0.1, 0.15) is 16.1 Å². The maximum atomic E-state index is 12.5. The summed E-state index contributed by atoms with van der Waals surface area (Å²) in [5.41, 5.74) is 3.55. The van der Waals surface area contributed by atoms with Crippen molar-refractivity contribution < 1.29 is 14.3 Å². The number of amides is 1. The predicted molar refractivity (Wildman–Crippen MR) is 111 cm³/mol. The van der Waals surface area contributed by atoms with Gasteiger partial charge in [0.1, 0.15) is 0 Å². The molecule has 4 aromatic rings. The molecule has 8 nitrogen and oxygen atoms in total. The van der Waals surface area contributed by atoms with Crippen molar-refractivity contribution in [2.24, 2.45) is 0 Å². The number of furan rings is 1. The van der Waals surface area contributed by atoms with Crippen LogP contribution >= 0.6 is 0 Å². The van der Waals surface area contributed by atoms with Gasteiger partial charge in [0, 0.05) is 44.1 Å². The van der Waals surface area contributed by atoms with Gasteiger partial charge < -0.3 is 19.3 Å². The maximum Gasteiger partial charge on any atom is 0.289 e. The predicted octanol–water partition coefficient (Wildman–Crippen LogP) is 2.44. The van der Waals surface area contributed by atoms with Gasteiger partial charge in [0.15, 0.2) is 17.2 Å². The number of piperazine rings is 1. The molecule has 1 N–H and O–H groups in total. The van der Waals surface area contributed by atoms with E-state index in [9.17, 15) is 9.90 Å². The van der Waals surface area contributed by atoms with Crippen LogP contribution in [0.3, 0.4) is 0 Å². The summed E-state index contributed by atoms with van der Waals surface area (Å²) in [6, 6.07) is 11.2. The number of hydrogen-bond donors (Lipinski definition) is 1. The average molecular weight is 403 g/mol. The van der Waals surface area contributed by atoms with Gasteiger partial charge in [-0.25, -0.2) is 9.97 Å². The van der Waals surface area contributed by atoms with Crippen LogP contribution in [0.2, 0.25) is 0 Å². The lowest BCUT2D eigenvalue weighted by Gasteiger charge is -2.35. The monoisotopic (exact) mass is 403 g/mol. The molecular weight excluding hydrogens is 382 g/mol. The summed E-state index contributed by atoms with van der Waals surface area (Å²) in [5.74, 6) is 1.08. The highest BCUT2D eigenvalue weighted by Crippen LogP contribution is 2.26. The Morgan fingerprint density at radius 3 is 2.73 bits per heavy atom. The van der Waals surface area contributed by atoms with Crippen molar-refractivity contribution in [3.63, 3.8) is 0 Å². The van der Waals surface area contributed by atoms with Crippen LogP contribution in [0.25, 0.3) is 16.9 Å². The molecule has 0 saturated carbocycles. The van der Waals surface area contributed by atoms with E-state index < -0.39 is 0 Å². The molecule has 0 unspecified atom stereocenters. The van der Waals surface area contributed by atoms with Crippen LogP contribution in [0, 0.1) is 0 Å². The van der Waals surface area contributed by atoms with E-state index in [4.69, 9.17) is 4.42 Å². The Labute approximate surface area is 173 Å². The van der Waals surface area contributed by atoms with Gasteiger partial charge in [0.05, 0.1) is 24.8 Å². The van der Waals surface area contributed by atoms with Crippen molar-refractivity contribution in [1.29, 1.82) is 0 Å². The van der Waals surface area contributed by atoms with E-state index in [0.29, 0.717) is 31.9 Å². The molecule has 4 heterocycles. The molecule has 0 aliphatic carbocycles. The molecule has 0 atom stereocenters. The first-order valence-corrected chi connectivity index (χ1v) is 9.84. The van der Waals surface area contributed by atoms with Gasteiger partial charge in [0.25, 0.3) is 5.91 Å². The average Bonchev–Trinajstić information content (AvgIpc) is 3.49. The van der Waals surface area contributed by atoms with Gasteiger partial charge in [-0.2, -0.15) is 0 Å². The molecule has 1 aromatic carbocycles. The summed E-state index contributed by atoms with van der Waals surface area (Å²) >= 11 is 0. The Hall–Kier alpha value is -3.65. The minimum atomic E-state index is -0.0855. The molecule has 0 bridgehead atoms. The van der Waals surface area contributed by atoms with Gasteiger partial charge in [0.2, 0.25) is 0 Å². The smallest absolute Gasteiger partial charge is 0.289 e. The van der Waals surface area contributed by atoms with Gasteiger partial charge in [-0.1, -0.05) is 18.2 Å². The summed E-state index contributed by atoms with van der Waals surface area (Å²) in [4.78, 5) is 25.6. The van der Waals surface area contributed by atoms with Crippen molar-refractivity contribution in [1.82, 2.24) is 19.3 Å². The molecule has 1 aliphatic rings. The molecular formula is C22H21N5O3. The fourth-order valence-electron chi connectivity index (χ4n) is 3.85. The number of fused-ring (bicyclic) bond motifs is 1. The second-order valence-corrected chi connectivity index (χ2v) is 7.20. The molecule has 5 rings (SSSR count). The standard InChI is InChI=1S/C22H21N5O3/c28-15-16-3-1-4-17(13-16)18-14-24-21-20(23-6-7-27(18)21)25-8-10-26(11-9-25)22(29)19-5-2-12-30-19/h1-7,12-14,28H,8-11,15H2. The van der Waals surface area contributed by atoms with E-state index in [0.717, 1.165) is 28.3 Å². The second-order valence-electron chi connectivity index (χ2n) is 7.20. The first kappa shape index (κ1) is 18.4. The SMILES string of the molecule is O=C(c1ccco1)N1CCN(c2nccn3c(-c4cccc(CO)c4)cnc23)CC1. The normalized spacial score (nSPS) is 14.4. The number of nitrogens with zero attached hydrogens (tertiary/aromatic N) is 5. The van der Waals surface area contributed by atoms with Crippen molar-refractivity contribution in [3.05, 3.63) is 72.6 Å². The van der Waals surface area contributed by atoms with E-state index in [1.165, 1.54) is 6.26 Å². The Morgan fingerprint density at radius 2 is 1.97 bits per heavy atom. The van der Waals surface area contributed by atoms with Crippen molar-refractivity contribution in [3.8, 4) is 11.3 Å².